The van der Waals surface area contributed by atoms with E-state index < -0.39 is 0 Å². The average molecular weight is 196 g/mol. The van der Waals surface area contributed by atoms with E-state index in [1.165, 1.54) is 0 Å². The Hall–Kier alpha value is 0.370. The van der Waals surface area contributed by atoms with Gasteiger partial charge in [-0.2, -0.15) is 0 Å². The van der Waals surface area contributed by atoms with Gasteiger partial charge < -0.3 is 4.90 Å². The quantitative estimate of drug-likeness (QED) is 0.631. The maximum Gasteiger partial charge on any atom is 0.0674 e. The van der Waals surface area contributed by atoms with Gasteiger partial charge >= 0.3 is 0 Å². The fourth-order valence-corrected chi connectivity index (χ4v) is 1.31. The van der Waals surface area contributed by atoms with Gasteiger partial charge in [-0.1, -0.05) is 0 Å². The average Bonchev–Trinajstić information content (AvgIpc) is 2.14. The van der Waals surface area contributed by atoms with Crippen LogP contribution in [0.4, 0.5) is 0 Å². The summed E-state index contributed by atoms with van der Waals surface area (Å²) in [5.74, 6) is 1.15. The monoisotopic (exact) mass is 195 g/mol. The minimum atomic E-state index is 0. The second-order valence-electron chi connectivity index (χ2n) is 1.49. The molecule has 1 rings (SSSR count). The number of rotatable bonds is 1. The number of thioether (sulfide) groups is 1. The Kier molecular flexibility index (Phi) is 4.47. The maximum absolute atomic E-state index is 2.27. The maximum atomic E-state index is 2.27. The Labute approximate surface area is 64.9 Å². The molecule has 1 aliphatic heterocycles. The molecule has 0 radical (unpaired) electrons. The fourth-order valence-electron chi connectivity index (χ4n) is 0.508. The summed E-state index contributed by atoms with van der Waals surface area (Å²) in [5.41, 5.74) is 0. The molecule has 3 heteroatoms. The molecule has 0 aromatic heterocycles. The van der Waals surface area contributed by atoms with E-state index in [0.29, 0.717) is 0 Å². The largest absolute Gasteiger partial charge is 0.368 e. The lowest BCUT2D eigenvalue weighted by Gasteiger charge is -2.08. The second kappa shape index (κ2) is 4.27. The first kappa shape index (κ1) is 8.37. The van der Waals surface area contributed by atoms with Gasteiger partial charge in [-0.05, 0) is 12.3 Å². The molecule has 0 saturated carbocycles. The molecule has 0 aromatic rings. The lowest BCUT2D eigenvalue weighted by atomic mass is 10.7. The van der Waals surface area contributed by atoms with E-state index in [1.54, 1.807) is 0 Å². The van der Waals surface area contributed by atoms with Crippen molar-refractivity contribution in [2.24, 2.45) is 0 Å². The summed E-state index contributed by atoms with van der Waals surface area (Å²) in [6.45, 7) is 3.31. The van der Waals surface area contributed by atoms with Gasteiger partial charge in [-0.15, -0.1) is 28.7 Å². The Morgan fingerprint density at radius 2 is 2.50 bits per heavy atom. The minimum absolute atomic E-state index is 0. The highest BCUT2D eigenvalue weighted by molar-refractivity contribution is 8.93. The minimum Gasteiger partial charge on any atom is -0.368 e. The van der Waals surface area contributed by atoms with Crippen molar-refractivity contribution in [3.63, 3.8) is 0 Å². The van der Waals surface area contributed by atoms with E-state index in [-0.39, 0.29) is 17.0 Å². The molecule has 0 bridgehead atoms. The molecule has 1 nitrogen and oxygen atoms in total. The molecule has 0 N–H and O–H groups in total. The standard InChI is InChI=1S/C5H9NS.BrH/c1-2-6-3-4-7-5-6;/h3-4H,2,5H2,1H3;1H. The Morgan fingerprint density at radius 1 is 1.75 bits per heavy atom. The van der Waals surface area contributed by atoms with Gasteiger partial charge in [-0.3, -0.25) is 0 Å². The van der Waals surface area contributed by atoms with E-state index >= 15 is 0 Å². The van der Waals surface area contributed by atoms with Crippen molar-refractivity contribution >= 4 is 28.7 Å². The molecule has 0 saturated heterocycles. The highest BCUT2D eigenvalue weighted by Gasteiger charge is 1.98. The zero-order valence-electron chi connectivity index (χ0n) is 4.83. The van der Waals surface area contributed by atoms with Crippen molar-refractivity contribution in [2.45, 2.75) is 6.92 Å². The molecular formula is C5H10BrNS. The number of halogens is 1. The van der Waals surface area contributed by atoms with Crippen LogP contribution < -0.4 is 0 Å². The molecule has 48 valence electrons. The molecule has 0 aliphatic carbocycles. The molecule has 1 aliphatic rings. The van der Waals surface area contributed by atoms with Crippen LogP contribution in [0.2, 0.25) is 0 Å². The Balaban J connectivity index is 0.000000490. The lowest BCUT2D eigenvalue weighted by Crippen LogP contribution is -2.10. The SMILES string of the molecule is Br.CCN1C=CSC1. The van der Waals surface area contributed by atoms with Crippen LogP contribution in [-0.4, -0.2) is 17.3 Å². The summed E-state index contributed by atoms with van der Waals surface area (Å²) < 4.78 is 0. The zero-order valence-corrected chi connectivity index (χ0v) is 7.36. The molecule has 0 fully saturated rings. The molecule has 1 heterocycles. The molecule has 0 atom stereocenters. The fraction of sp³-hybridized carbons (Fsp3) is 0.600. The Bertz CT molecular complexity index is 84.5. The number of hydrogen-bond acceptors (Lipinski definition) is 2. The van der Waals surface area contributed by atoms with Crippen molar-refractivity contribution < 1.29 is 0 Å². The van der Waals surface area contributed by atoms with E-state index in [0.717, 1.165) is 12.4 Å². The third-order valence-electron chi connectivity index (χ3n) is 1.01. The summed E-state index contributed by atoms with van der Waals surface area (Å²) in [5, 5.41) is 2.13. The highest BCUT2D eigenvalue weighted by Crippen LogP contribution is 2.13. The lowest BCUT2D eigenvalue weighted by molar-refractivity contribution is 0.474. The van der Waals surface area contributed by atoms with Gasteiger partial charge in [0.05, 0.1) is 5.88 Å². The van der Waals surface area contributed by atoms with Gasteiger partial charge in [0.25, 0.3) is 0 Å². The van der Waals surface area contributed by atoms with Crippen molar-refractivity contribution in [2.75, 3.05) is 12.4 Å². The first-order chi connectivity index (χ1) is 3.43. The van der Waals surface area contributed by atoms with Crippen LogP contribution in [0.15, 0.2) is 11.6 Å². The predicted molar refractivity (Wildman–Crippen MR) is 44.3 cm³/mol. The first-order valence-corrected chi connectivity index (χ1v) is 3.50. The van der Waals surface area contributed by atoms with E-state index in [4.69, 9.17) is 0 Å². The van der Waals surface area contributed by atoms with Gasteiger partial charge in [0.1, 0.15) is 0 Å². The topological polar surface area (TPSA) is 3.24 Å². The number of nitrogens with zero attached hydrogens (tertiary/aromatic N) is 1. The summed E-state index contributed by atoms with van der Waals surface area (Å²) in [7, 11) is 0. The van der Waals surface area contributed by atoms with Gasteiger partial charge in [-0.25, -0.2) is 0 Å². The molecule has 0 aromatic carbocycles. The van der Waals surface area contributed by atoms with Gasteiger partial charge in [0.2, 0.25) is 0 Å². The summed E-state index contributed by atoms with van der Waals surface area (Å²) in [4.78, 5) is 2.27. The van der Waals surface area contributed by atoms with Crippen LogP contribution in [-0.2, 0) is 0 Å². The van der Waals surface area contributed by atoms with Crippen molar-refractivity contribution in [1.29, 1.82) is 0 Å². The number of hydrogen-bond donors (Lipinski definition) is 0. The highest BCUT2D eigenvalue weighted by atomic mass is 79.9. The zero-order chi connectivity index (χ0) is 5.11. The second-order valence-corrected chi connectivity index (χ2v) is 2.35. The van der Waals surface area contributed by atoms with E-state index in [9.17, 15) is 0 Å². The van der Waals surface area contributed by atoms with Crippen molar-refractivity contribution in [3.05, 3.63) is 11.6 Å². The molecule has 0 spiro atoms. The van der Waals surface area contributed by atoms with Crippen LogP contribution in [0.1, 0.15) is 6.92 Å². The summed E-state index contributed by atoms with van der Waals surface area (Å²) >= 11 is 1.85. The normalized spacial score (nSPS) is 16.4. The third-order valence-corrected chi connectivity index (χ3v) is 1.81. The van der Waals surface area contributed by atoms with Crippen LogP contribution >= 0.6 is 28.7 Å². The van der Waals surface area contributed by atoms with Crippen LogP contribution in [0.25, 0.3) is 0 Å². The van der Waals surface area contributed by atoms with Crippen LogP contribution in [0, 0.1) is 0 Å². The van der Waals surface area contributed by atoms with Gasteiger partial charge in [0, 0.05) is 12.7 Å². The molecule has 8 heavy (non-hydrogen) atoms. The Morgan fingerprint density at radius 3 is 2.75 bits per heavy atom. The van der Waals surface area contributed by atoms with Gasteiger partial charge in [0.15, 0.2) is 0 Å². The van der Waals surface area contributed by atoms with Crippen LogP contribution in [0.5, 0.6) is 0 Å². The first-order valence-electron chi connectivity index (χ1n) is 2.46. The van der Waals surface area contributed by atoms with E-state index in [2.05, 4.69) is 23.4 Å². The summed E-state index contributed by atoms with van der Waals surface area (Å²) in [6, 6.07) is 0. The molecule has 0 amide bonds. The van der Waals surface area contributed by atoms with E-state index in [1.807, 2.05) is 11.8 Å². The predicted octanol–water partition coefficient (Wildman–Crippen LogP) is 2.06. The summed E-state index contributed by atoms with van der Waals surface area (Å²) in [6.07, 6.45) is 2.13. The van der Waals surface area contributed by atoms with Crippen molar-refractivity contribution in [1.82, 2.24) is 4.90 Å². The smallest absolute Gasteiger partial charge is 0.0674 e. The molecular weight excluding hydrogens is 186 g/mol. The molecule has 0 unspecified atom stereocenters. The van der Waals surface area contributed by atoms with Crippen LogP contribution in [0.3, 0.4) is 0 Å². The third kappa shape index (κ3) is 2.09. The van der Waals surface area contributed by atoms with Crippen molar-refractivity contribution in [3.8, 4) is 0 Å².